The van der Waals surface area contributed by atoms with E-state index in [-0.39, 0.29) is 0 Å². The molecule has 1 aliphatic rings. The molecule has 0 aliphatic heterocycles. The molecule has 0 spiro atoms. The summed E-state index contributed by atoms with van der Waals surface area (Å²) in [7, 11) is 0. The van der Waals surface area contributed by atoms with Gasteiger partial charge in [-0.25, -0.2) is 0 Å². The topological polar surface area (TPSA) is 54.8 Å². The van der Waals surface area contributed by atoms with Crippen LogP contribution in [0.2, 0.25) is 5.02 Å². The smallest absolute Gasteiger partial charge is 0.0765 e. The minimum atomic E-state index is 0.670. The van der Waals surface area contributed by atoms with E-state index in [0.29, 0.717) is 6.04 Å². The molecule has 0 atom stereocenters. The lowest BCUT2D eigenvalue weighted by molar-refractivity contribution is 0.328. The van der Waals surface area contributed by atoms with E-state index in [1.165, 1.54) is 46.6 Å². The summed E-state index contributed by atoms with van der Waals surface area (Å²) in [5.74, 6) is 0. The van der Waals surface area contributed by atoms with Gasteiger partial charge in [-0.1, -0.05) is 23.2 Å². The second-order valence-corrected chi connectivity index (χ2v) is 6.24. The van der Waals surface area contributed by atoms with Crippen LogP contribution in [0.1, 0.15) is 30.9 Å². The number of halogens is 1. The van der Waals surface area contributed by atoms with Crippen molar-refractivity contribution in [1.29, 1.82) is 5.41 Å². The number of nitrogens with zero attached hydrogens (tertiary/aromatic N) is 1. The van der Waals surface area contributed by atoms with Crippen LogP contribution in [0.3, 0.4) is 0 Å². The number of benzene rings is 2. The highest BCUT2D eigenvalue weighted by Gasteiger charge is 2.23. The van der Waals surface area contributed by atoms with Crippen LogP contribution in [0.25, 0.3) is 21.8 Å². The first-order valence-corrected chi connectivity index (χ1v) is 7.94. The Hall–Kier alpha value is -2.00. The monoisotopic (exact) mass is 313 g/mol. The molecule has 0 saturated heterocycles. The molecule has 4 heteroatoms. The van der Waals surface area contributed by atoms with Gasteiger partial charge in [0.1, 0.15) is 0 Å². The van der Waals surface area contributed by atoms with E-state index >= 15 is 0 Å². The lowest BCUT2D eigenvalue weighted by Crippen LogP contribution is -2.16. The van der Waals surface area contributed by atoms with Gasteiger partial charge in [0, 0.05) is 32.9 Å². The molecule has 1 aromatic heterocycles. The molecule has 1 fully saturated rings. The summed E-state index contributed by atoms with van der Waals surface area (Å²) in [6.07, 6.45) is 4.70. The van der Waals surface area contributed by atoms with E-state index in [4.69, 9.17) is 17.0 Å². The van der Waals surface area contributed by atoms with Gasteiger partial charge in [-0.05, 0) is 56.5 Å². The number of hydrogen-bond acceptors (Lipinski definition) is 1. The third-order valence-corrected chi connectivity index (χ3v) is 4.59. The molecule has 2 aromatic carbocycles. The van der Waals surface area contributed by atoms with Crippen molar-refractivity contribution >= 4 is 39.7 Å². The molecule has 3 nitrogen and oxygen atoms in total. The van der Waals surface area contributed by atoms with E-state index < -0.39 is 0 Å². The first kappa shape index (κ1) is 14.9. The average molecular weight is 314 g/mol. The van der Waals surface area contributed by atoms with Crippen molar-refractivity contribution in [2.45, 2.75) is 32.2 Å². The second kappa shape index (κ2) is 6.01. The maximum atomic E-state index is 6.19. The van der Waals surface area contributed by atoms with Crippen LogP contribution >= 0.6 is 11.6 Å². The standard InChI is InChI=1S/C17H16ClN.CH4N2/c1-11-5-7-16-14(9-11)15-10-12(18)6-8-17(15)19(16)13-3-2-4-13;2-1-3/h5-10,13H,2-4H2,1H3;1H,(H3,2,3). The predicted molar refractivity (Wildman–Crippen MR) is 95.1 cm³/mol. The van der Waals surface area contributed by atoms with Gasteiger partial charge in [0.15, 0.2) is 0 Å². The number of nitrogens with one attached hydrogen (secondary N) is 1. The van der Waals surface area contributed by atoms with Crippen molar-refractivity contribution < 1.29 is 0 Å². The Bertz CT molecular complexity index is 772. The van der Waals surface area contributed by atoms with Crippen molar-refractivity contribution in [3.05, 3.63) is 47.0 Å². The van der Waals surface area contributed by atoms with Crippen molar-refractivity contribution in [3.63, 3.8) is 0 Å². The highest BCUT2D eigenvalue weighted by atomic mass is 35.5. The molecule has 3 aromatic rings. The minimum absolute atomic E-state index is 0.670. The lowest BCUT2D eigenvalue weighted by Gasteiger charge is -2.29. The third kappa shape index (κ3) is 2.46. The van der Waals surface area contributed by atoms with Crippen LogP contribution in [-0.4, -0.2) is 10.9 Å². The zero-order valence-corrected chi connectivity index (χ0v) is 13.4. The normalized spacial score (nSPS) is 14.5. The Morgan fingerprint density at radius 1 is 1.14 bits per heavy atom. The highest BCUT2D eigenvalue weighted by molar-refractivity contribution is 6.31. The van der Waals surface area contributed by atoms with Crippen LogP contribution in [0, 0.1) is 12.3 Å². The van der Waals surface area contributed by atoms with E-state index in [1.807, 2.05) is 6.07 Å². The summed E-state index contributed by atoms with van der Waals surface area (Å²) in [5, 5.41) is 9.31. The zero-order chi connectivity index (χ0) is 15.7. The fourth-order valence-electron chi connectivity index (χ4n) is 3.18. The van der Waals surface area contributed by atoms with Crippen LogP contribution in [-0.2, 0) is 0 Å². The van der Waals surface area contributed by atoms with E-state index in [9.17, 15) is 0 Å². The van der Waals surface area contributed by atoms with Crippen LogP contribution < -0.4 is 5.73 Å². The molecule has 4 rings (SSSR count). The van der Waals surface area contributed by atoms with E-state index in [0.717, 1.165) is 11.4 Å². The van der Waals surface area contributed by atoms with Crippen LogP contribution in [0.4, 0.5) is 0 Å². The summed E-state index contributed by atoms with van der Waals surface area (Å²) < 4.78 is 2.52. The number of nitrogens with two attached hydrogens (primary N) is 1. The van der Waals surface area contributed by atoms with Crippen LogP contribution in [0.15, 0.2) is 36.4 Å². The lowest BCUT2D eigenvalue weighted by atomic mass is 9.92. The predicted octanol–water partition coefficient (Wildman–Crippen LogP) is 5.03. The Balaban J connectivity index is 0.000000446. The minimum Gasteiger partial charge on any atom is -0.390 e. The number of fused-ring (bicyclic) bond motifs is 3. The van der Waals surface area contributed by atoms with Crippen molar-refractivity contribution in [2.75, 3.05) is 0 Å². The summed E-state index contributed by atoms with van der Waals surface area (Å²) in [5.41, 5.74) is 8.38. The molecular formula is C18H20ClN3. The molecular weight excluding hydrogens is 294 g/mol. The number of aryl methyl sites for hydroxylation is 1. The van der Waals surface area contributed by atoms with Gasteiger partial charge in [0.2, 0.25) is 0 Å². The Morgan fingerprint density at radius 3 is 2.32 bits per heavy atom. The molecule has 1 heterocycles. The summed E-state index contributed by atoms with van der Waals surface area (Å²) in [6.45, 7) is 2.15. The van der Waals surface area contributed by atoms with Gasteiger partial charge >= 0.3 is 0 Å². The zero-order valence-electron chi connectivity index (χ0n) is 12.6. The number of rotatable bonds is 1. The first-order valence-electron chi connectivity index (χ1n) is 7.56. The molecule has 3 N–H and O–H groups in total. The molecule has 1 aliphatic carbocycles. The quantitative estimate of drug-likeness (QED) is 0.480. The van der Waals surface area contributed by atoms with Crippen molar-refractivity contribution in [1.82, 2.24) is 4.57 Å². The maximum absolute atomic E-state index is 6.19. The number of hydrogen-bond donors (Lipinski definition) is 2. The fourth-order valence-corrected chi connectivity index (χ4v) is 3.35. The Kier molecular flexibility index (Phi) is 4.08. The highest BCUT2D eigenvalue weighted by Crippen LogP contribution is 2.40. The molecule has 1 saturated carbocycles. The SMILES string of the molecule is Cc1ccc2c(c1)c1cc(Cl)ccc1n2C1CCC1.N=CN. The molecule has 0 bridgehead atoms. The fraction of sp³-hybridized carbons (Fsp3) is 0.278. The average Bonchev–Trinajstić information content (AvgIpc) is 2.72. The Labute approximate surface area is 135 Å². The Morgan fingerprint density at radius 2 is 1.73 bits per heavy atom. The van der Waals surface area contributed by atoms with Gasteiger partial charge in [0.25, 0.3) is 0 Å². The van der Waals surface area contributed by atoms with E-state index in [1.54, 1.807) is 0 Å². The molecule has 114 valence electrons. The molecule has 0 unspecified atom stereocenters. The number of aromatic nitrogens is 1. The third-order valence-electron chi connectivity index (χ3n) is 4.36. The summed E-state index contributed by atoms with van der Waals surface area (Å²) in [6, 6.07) is 13.7. The molecule has 22 heavy (non-hydrogen) atoms. The largest absolute Gasteiger partial charge is 0.390 e. The van der Waals surface area contributed by atoms with Crippen molar-refractivity contribution in [3.8, 4) is 0 Å². The summed E-state index contributed by atoms with van der Waals surface area (Å²) >= 11 is 6.19. The first-order chi connectivity index (χ1) is 10.7. The van der Waals surface area contributed by atoms with Crippen molar-refractivity contribution in [2.24, 2.45) is 5.73 Å². The van der Waals surface area contributed by atoms with Crippen LogP contribution in [0.5, 0.6) is 0 Å². The maximum Gasteiger partial charge on any atom is 0.0765 e. The molecule has 0 radical (unpaired) electrons. The second-order valence-electron chi connectivity index (χ2n) is 5.80. The van der Waals surface area contributed by atoms with E-state index in [2.05, 4.69) is 47.6 Å². The van der Waals surface area contributed by atoms with Gasteiger partial charge in [-0.3, -0.25) is 5.41 Å². The van der Waals surface area contributed by atoms with Gasteiger partial charge < -0.3 is 10.3 Å². The van der Waals surface area contributed by atoms with Gasteiger partial charge in [0.05, 0.1) is 6.34 Å². The molecule has 0 amide bonds. The van der Waals surface area contributed by atoms with Gasteiger partial charge in [-0.15, -0.1) is 0 Å². The summed E-state index contributed by atoms with van der Waals surface area (Å²) in [4.78, 5) is 0. The van der Waals surface area contributed by atoms with Gasteiger partial charge in [-0.2, -0.15) is 0 Å².